The molecule has 4 nitrogen and oxygen atoms in total. The number of amides is 1. The van der Waals surface area contributed by atoms with E-state index in [1.54, 1.807) is 12.1 Å². The van der Waals surface area contributed by atoms with Crippen LogP contribution in [0.25, 0.3) is 0 Å². The molecule has 2 aromatic carbocycles. The Hall–Kier alpha value is -2.40. The number of benzene rings is 2. The molecule has 0 spiro atoms. The van der Waals surface area contributed by atoms with Crippen molar-refractivity contribution in [3.63, 3.8) is 0 Å². The Balaban J connectivity index is 2.14. The lowest BCUT2D eigenvalue weighted by molar-refractivity contribution is -0.114. The van der Waals surface area contributed by atoms with Crippen molar-refractivity contribution in [2.24, 2.45) is 0 Å². The molecule has 0 bridgehead atoms. The van der Waals surface area contributed by atoms with E-state index < -0.39 is 11.8 Å². The Morgan fingerprint density at radius 2 is 1.81 bits per heavy atom. The normalized spacial score (nSPS) is 10.0. The van der Waals surface area contributed by atoms with E-state index in [0.717, 1.165) is 6.07 Å². The lowest BCUT2D eigenvalue weighted by Gasteiger charge is -2.07. The number of esters is 1. The molecule has 0 heterocycles. The molecule has 6 heteroatoms. The Bertz CT molecular complexity index is 666. The van der Waals surface area contributed by atoms with E-state index in [0.29, 0.717) is 5.69 Å². The van der Waals surface area contributed by atoms with E-state index in [1.165, 1.54) is 31.2 Å². The number of rotatable bonds is 3. The average Bonchev–Trinajstić information content (AvgIpc) is 2.40. The van der Waals surface area contributed by atoms with E-state index in [-0.39, 0.29) is 22.2 Å². The second-order valence-corrected chi connectivity index (χ2v) is 4.60. The summed E-state index contributed by atoms with van der Waals surface area (Å²) in [5.74, 6) is -1.63. The number of hydrogen-bond donors (Lipinski definition) is 1. The zero-order chi connectivity index (χ0) is 15.4. The minimum absolute atomic E-state index is 0.0186. The summed E-state index contributed by atoms with van der Waals surface area (Å²) >= 11 is 5.78. The van der Waals surface area contributed by atoms with Gasteiger partial charge in [0.05, 0.1) is 5.02 Å². The van der Waals surface area contributed by atoms with Gasteiger partial charge in [-0.1, -0.05) is 17.7 Å². The third-order valence-corrected chi connectivity index (χ3v) is 2.87. The SMILES string of the molecule is CC(=O)Nc1ccc(OC(=O)c2c(F)cccc2Cl)cc1. The van der Waals surface area contributed by atoms with Crippen molar-refractivity contribution >= 4 is 29.2 Å². The number of carbonyl (C=O) groups is 2. The van der Waals surface area contributed by atoms with Crippen LogP contribution in [0.5, 0.6) is 5.75 Å². The third kappa shape index (κ3) is 3.79. The van der Waals surface area contributed by atoms with Crippen molar-refractivity contribution in [1.29, 1.82) is 0 Å². The number of hydrogen-bond acceptors (Lipinski definition) is 3. The molecule has 0 unspecified atom stereocenters. The number of nitrogens with one attached hydrogen (secondary N) is 1. The lowest BCUT2D eigenvalue weighted by Crippen LogP contribution is -2.11. The van der Waals surface area contributed by atoms with Gasteiger partial charge >= 0.3 is 5.97 Å². The van der Waals surface area contributed by atoms with Gasteiger partial charge in [-0.25, -0.2) is 9.18 Å². The molecule has 21 heavy (non-hydrogen) atoms. The van der Waals surface area contributed by atoms with Crippen LogP contribution in [0.1, 0.15) is 17.3 Å². The molecule has 2 aromatic rings. The van der Waals surface area contributed by atoms with Crippen molar-refractivity contribution in [3.05, 3.63) is 58.9 Å². The van der Waals surface area contributed by atoms with E-state index in [1.807, 2.05) is 0 Å². The summed E-state index contributed by atoms with van der Waals surface area (Å²) in [6.45, 7) is 1.38. The topological polar surface area (TPSA) is 55.4 Å². The average molecular weight is 308 g/mol. The maximum atomic E-state index is 13.6. The highest BCUT2D eigenvalue weighted by Crippen LogP contribution is 2.22. The van der Waals surface area contributed by atoms with Gasteiger partial charge in [-0.3, -0.25) is 4.79 Å². The molecule has 0 aromatic heterocycles. The van der Waals surface area contributed by atoms with Crippen LogP contribution in [0.4, 0.5) is 10.1 Å². The molecule has 1 amide bonds. The number of carbonyl (C=O) groups excluding carboxylic acids is 2. The molecule has 0 radical (unpaired) electrons. The van der Waals surface area contributed by atoms with Gasteiger partial charge in [-0.15, -0.1) is 0 Å². The summed E-state index contributed by atoms with van der Waals surface area (Å²) < 4.78 is 18.6. The fourth-order valence-electron chi connectivity index (χ4n) is 1.66. The highest BCUT2D eigenvalue weighted by molar-refractivity contribution is 6.33. The highest BCUT2D eigenvalue weighted by Gasteiger charge is 2.17. The first-order chi connectivity index (χ1) is 9.97. The molecular weight excluding hydrogens is 297 g/mol. The van der Waals surface area contributed by atoms with Crippen LogP contribution in [0.15, 0.2) is 42.5 Å². The standard InChI is InChI=1S/C15H11ClFNO3/c1-9(19)18-10-5-7-11(8-6-10)21-15(20)14-12(16)3-2-4-13(14)17/h2-8H,1H3,(H,18,19). The van der Waals surface area contributed by atoms with Crippen LogP contribution in [0.2, 0.25) is 5.02 Å². The molecular formula is C15H11ClFNO3. The summed E-state index contributed by atoms with van der Waals surface area (Å²) in [4.78, 5) is 22.8. The van der Waals surface area contributed by atoms with Crippen molar-refractivity contribution in [2.45, 2.75) is 6.92 Å². The van der Waals surface area contributed by atoms with Gasteiger partial charge in [-0.05, 0) is 36.4 Å². The highest BCUT2D eigenvalue weighted by atomic mass is 35.5. The predicted molar refractivity (Wildman–Crippen MR) is 77.1 cm³/mol. The number of ether oxygens (including phenoxy) is 1. The van der Waals surface area contributed by atoms with Gasteiger partial charge in [0.1, 0.15) is 17.1 Å². The van der Waals surface area contributed by atoms with Crippen LogP contribution < -0.4 is 10.1 Å². The number of anilines is 1. The smallest absolute Gasteiger partial charge is 0.348 e. The molecule has 0 aliphatic heterocycles. The first-order valence-corrected chi connectivity index (χ1v) is 6.39. The van der Waals surface area contributed by atoms with E-state index in [4.69, 9.17) is 16.3 Å². The first-order valence-electron chi connectivity index (χ1n) is 6.01. The van der Waals surface area contributed by atoms with Crippen LogP contribution in [-0.2, 0) is 4.79 Å². The Morgan fingerprint density at radius 1 is 1.14 bits per heavy atom. The number of halogens is 2. The van der Waals surface area contributed by atoms with E-state index >= 15 is 0 Å². The maximum Gasteiger partial charge on any atom is 0.348 e. The minimum Gasteiger partial charge on any atom is -0.423 e. The monoisotopic (exact) mass is 307 g/mol. The van der Waals surface area contributed by atoms with Gasteiger partial charge in [0.25, 0.3) is 0 Å². The molecule has 0 saturated heterocycles. The summed E-state index contributed by atoms with van der Waals surface area (Å²) in [6.07, 6.45) is 0. The molecule has 0 atom stereocenters. The van der Waals surface area contributed by atoms with Crippen LogP contribution >= 0.6 is 11.6 Å². The quantitative estimate of drug-likeness (QED) is 0.695. The minimum atomic E-state index is -0.884. The van der Waals surface area contributed by atoms with Crippen molar-refractivity contribution < 1.29 is 18.7 Å². The predicted octanol–water partition coefficient (Wildman–Crippen LogP) is 3.66. The van der Waals surface area contributed by atoms with Gasteiger partial charge in [0.2, 0.25) is 5.91 Å². The fraction of sp³-hybridized carbons (Fsp3) is 0.0667. The Labute approximate surface area is 125 Å². The summed E-state index contributed by atoms with van der Waals surface area (Å²) in [7, 11) is 0. The van der Waals surface area contributed by atoms with E-state index in [2.05, 4.69) is 5.32 Å². The molecule has 2 rings (SSSR count). The first kappa shape index (κ1) is 15.0. The van der Waals surface area contributed by atoms with Crippen LogP contribution in [0, 0.1) is 5.82 Å². The molecule has 0 fully saturated rings. The van der Waals surface area contributed by atoms with Crippen LogP contribution in [-0.4, -0.2) is 11.9 Å². The Morgan fingerprint density at radius 3 is 2.38 bits per heavy atom. The lowest BCUT2D eigenvalue weighted by atomic mass is 10.2. The third-order valence-electron chi connectivity index (χ3n) is 2.55. The molecule has 1 N–H and O–H groups in total. The largest absolute Gasteiger partial charge is 0.423 e. The van der Waals surface area contributed by atoms with Crippen LogP contribution in [0.3, 0.4) is 0 Å². The summed E-state index contributed by atoms with van der Waals surface area (Å²) in [5.41, 5.74) is 0.247. The molecule has 0 aliphatic carbocycles. The maximum absolute atomic E-state index is 13.6. The van der Waals surface area contributed by atoms with Gasteiger partial charge in [0, 0.05) is 12.6 Å². The van der Waals surface area contributed by atoms with Gasteiger partial charge in [0.15, 0.2) is 0 Å². The zero-order valence-electron chi connectivity index (χ0n) is 11.0. The van der Waals surface area contributed by atoms with Crippen molar-refractivity contribution in [3.8, 4) is 5.75 Å². The van der Waals surface area contributed by atoms with Gasteiger partial charge in [-0.2, -0.15) is 0 Å². The molecule has 0 saturated carbocycles. The van der Waals surface area contributed by atoms with E-state index in [9.17, 15) is 14.0 Å². The Kier molecular flexibility index (Phi) is 4.55. The van der Waals surface area contributed by atoms with Crippen molar-refractivity contribution in [2.75, 3.05) is 5.32 Å². The molecule has 0 aliphatic rings. The fourth-order valence-corrected chi connectivity index (χ4v) is 1.90. The van der Waals surface area contributed by atoms with Crippen molar-refractivity contribution in [1.82, 2.24) is 0 Å². The van der Waals surface area contributed by atoms with Gasteiger partial charge < -0.3 is 10.1 Å². The summed E-state index contributed by atoms with van der Waals surface area (Å²) in [6, 6.07) is 10.0. The zero-order valence-corrected chi connectivity index (χ0v) is 11.8. The molecule has 108 valence electrons. The second-order valence-electron chi connectivity index (χ2n) is 4.19. The second kappa shape index (κ2) is 6.37. The summed E-state index contributed by atoms with van der Waals surface area (Å²) in [5, 5.41) is 2.56.